The molecule has 1 aliphatic heterocycles. The Balaban J connectivity index is 2.60. The van der Waals surface area contributed by atoms with E-state index < -0.39 is 0 Å². The van der Waals surface area contributed by atoms with E-state index in [9.17, 15) is 0 Å². The van der Waals surface area contributed by atoms with Crippen LogP contribution in [-0.4, -0.2) is 18.2 Å². The van der Waals surface area contributed by atoms with Crippen LogP contribution in [-0.2, 0) is 4.74 Å². The highest BCUT2D eigenvalue weighted by molar-refractivity contribution is 4.93. The van der Waals surface area contributed by atoms with Crippen LogP contribution in [0.3, 0.4) is 0 Å². The van der Waals surface area contributed by atoms with Gasteiger partial charge in [-0.1, -0.05) is 13.8 Å². The summed E-state index contributed by atoms with van der Waals surface area (Å²) in [7, 11) is 0. The average Bonchev–Trinajstić information content (AvgIpc) is 1.98. The maximum Gasteiger partial charge on any atom is 0.0726 e. The molecular weight excluding hydrogens is 138 g/mol. The molecule has 2 N–H and O–H groups in total. The number of rotatable bonds is 1. The van der Waals surface area contributed by atoms with Crippen LogP contribution in [0.1, 0.15) is 33.6 Å². The van der Waals surface area contributed by atoms with Crippen molar-refractivity contribution in [2.75, 3.05) is 6.61 Å². The summed E-state index contributed by atoms with van der Waals surface area (Å²) in [5.41, 5.74) is 6.10. The van der Waals surface area contributed by atoms with E-state index in [4.69, 9.17) is 10.5 Å². The molecule has 0 aliphatic carbocycles. The third kappa shape index (κ3) is 1.74. The molecule has 0 bridgehead atoms. The second-order valence-corrected chi connectivity index (χ2v) is 3.87. The zero-order chi connectivity index (χ0) is 8.48. The molecule has 3 unspecified atom stereocenters. The lowest BCUT2D eigenvalue weighted by Crippen LogP contribution is -2.54. The fourth-order valence-corrected chi connectivity index (χ4v) is 1.78. The van der Waals surface area contributed by atoms with Gasteiger partial charge < -0.3 is 10.5 Å². The number of ether oxygens (including phenoxy) is 1. The highest BCUT2D eigenvalue weighted by Gasteiger charge is 2.36. The first-order valence-corrected chi connectivity index (χ1v) is 4.49. The minimum atomic E-state index is -0.0718. The van der Waals surface area contributed by atoms with E-state index in [1.165, 1.54) is 0 Å². The molecule has 11 heavy (non-hydrogen) atoms. The Hall–Kier alpha value is -0.0800. The molecule has 66 valence electrons. The van der Waals surface area contributed by atoms with Crippen LogP contribution in [0.5, 0.6) is 0 Å². The van der Waals surface area contributed by atoms with Gasteiger partial charge in [-0.05, 0) is 25.7 Å². The minimum Gasteiger partial charge on any atom is -0.376 e. The molecule has 0 spiro atoms. The van der Waals surface area contributed by atoms with Gasteiger partial charge in [0.2, 0.25) is 0 Å². The van der Waals surface area contributed by atoms with Crippen LogP contribution in [0.15, 0.2) is 0 Å². The van der Waals surface area contributed by atoms with E-state index >= 15 is 0 Å². The second-order valence-electron chi connectivity index (χ2n) is 3.87. The molecule has 1 fully saturated rings. The Kier molecular flexibility index (Phi) is 2.55. The van der Waals surface area contributed by atoms with Gasteiger partial charge >= 0.3 is 0 Å². The van der Waals surface area contributed by atoms with Gasteiger partial charge in [-0.2, -0.15) is 0 Å². The lowest BCUT2D eigenvalue weighted by molar-refractivity contribution is -0.0566. The largest absolute Gasteiger partial charge is 0.376 e. The zero-order valence-electron chi connectivity index (χ0n) is 7.76. The Labute approximate surface area is 69.1 Å². The van der Waals surface area contributed by atoms with Gasteiger partial charge in [0, 0.05) is 12.1 Å². The lowest BCUT2D eigenvalue weighted by Gasteiger charge is -2.41. The van der Waals surface area contributed by atoms with Crippen molar-refractivity contribution in [3.8, 4) is 0 Å². The zero-order valence-corrected chi connectivity index (χ0v) is 7.76. The molecule has 1 heterocycles. The summed E-state index contributed by atoms with van der Waals surface area (Å²) < 4.78 is 5.57. The van der Waals surface area contributed by atoms with Gasteiger partial charge in [0.15, 0.2) is 0 Å². The fourth-order valence-electron chi connectivity index (χ4n) is 1.78. The van der Waals surface area contributed by atoms with Crippen molar-refractivity contribution < 1.29 is 4.74 Å². The predicted octanol–water partition coefficient (Wildman–Crippen LogP) is 1.54. The van der Waals surface area contributed by atoms with Crippen LogP contribution in [0.4, 0.5) is 0 Å². The summed E-state index contributed by atoms with van der Waals surface area (Å²) in [6.45, 7) is 7.29. The molecule has 1 rings (SSSR count). The summed E-state index contributed by atoms with van der Waals surface area (Å²) in [6, 6.07) is 0. The first-order chi connectivity index (χ1) is 5.08. The van der Waals surface area contributed by atoms with Gasteiger partial charge in [0.1, 0.15) is 0 Å². The minimum absolute atomic E-state index is 0.0718. The van der Waals surface area contributed by atoms with Crippen molar-refractivity contribution in [3.05, 3.63) is 0 Å². The van der Waals surface area contributed by atoms with Gasteiger partial charge in [-0.15, -0.1) is 0 Å². The molecule has 0 amide bonds. The number of hydrogen-bond acceptors (Lipinski definition) is 2. The highest BCUT2D eigenvalue weighted by atomic mass is 16.5. The quantitative estimate of drug-likeness (QED) is 0.626. The van der Waals surface area contributed by atoms with Crippen molar-refractivity contribution in [2.24, 2.45) is 11.7 Å². The van der Waals surface area contributed by atoms with E-state index in [0.717, 1.165) is 19.4 Å². The summed E-state index contributed by atoms with van der Waals surface area (Å²) >= 11 is 0. The standard InChI is InChI=1S/C9H19NO/c1-4-9(10)5-7(2)6-11-8(9)3/h7-8H,4-6,10H2,1-3H3. The summed E-state index contributed by atoms with van der Waals surface area (Å²) in [5.74, 6) is 0.621. The second kappa shape index (κ2) is 3.11. The van der Waals surface area contributed by atoms with Crippen LogP contribution in [0.2, 0.25) is 0 Å². The summed E-state index contributed by atoms with van der Waals surface area (Å²) in [5, 5.41) is 0. The van der Waals surface area contributed by atoms with E-state index in [2.05, 4.69) is 20.8 Å². The summed E-state index contributed by atoms with van der Waals surface area (Å²) in [4.78, 5) is 0. The summed E-state index contributed by atoms with van der Waals surface area (Å²) in [6.07, 6.45) is 2.34. The first kappa shape index (κ1) is 9.01. The Morgan fingerprint density at radius 1 is 1.55 bits per heavy atom. The third-order valence-electron chi connectivity index (χ3n) is 2.83. The molecule has 3 atom stereocenters. The maximum atomic E-state index is 6.17. The van der Waals surface area contributed by atoms with Gasteiger partial charge in [0.05, 0.1) is 6.10 Å². The van der Waals surface area contributed by atoms with Crippen molar-refractivity contribution in [2.45, 2.75) is 45.3 Å². The van der Waals surface area contributed by atoms with E-state index in [1.807, 2.05) is 0 Å². The fraction of sp³-hybridized carbons (Fsp3) is 1.00. The molecular formula is C9H19NO. The predicted molar refractivity (Wildman–Crippen MR) is 46.4 cm³/mol. The molecule has 2 heteroatoms. The topological polar surface area (TPSA) is 35.2 Å². The van der Waals surface area contributed by atoms with Gasteiger partial charge in [-0.3, -0.25) is 0 Å². The SMILES string of the molecule is CCC1(N)CC(C)COC1C. The Morgan fingerprint density at radius 3 is 2.64 bits per heavy atom. The van der Waals surface area contributed by atoms with Crippen LogP contribution in [0, 0.1) is 5.92 Å². The molecule has 0 saturated carbocycles. The van der Waals surface area contributed by atoms with Gasteiger partial charge in [0.25, 0.3) is 0 Å². The van der Waals surface area contributed by atoms with E-state index in [-0.39, 0.29) is 11.6 Å². The maximum absolute atomic E-state index is 6.17. The van der Waals surface area contributed by atoms with Crippen molar-refractivity contribution in [1.29, 1.82) is 0 Å². The lowest BCUT2D eigenvalue weighted by atomic mass is 9.81. The van der Waals surface area contributed by atoms with Crippen LogP contribution in [0.25, 0.3) is 0 Å². The van der Waals surface area contributed by atoms with Crippen LogP contribution >= 0.6 is 0 Å². The highest BCUT2D eigenvalue weighted by Crippen LogP contribution is 2.28. The molecule has 0 aromatic carbocycles. The first-order valence-electron chi connectivity index (χ1n) is 4.49. The molecule has 0 radical (unpaired) electrons. The monoisotopic (exact) mass is 157 g/mol. The van der Waals surface area contributed by atoms with Gasteiger partial charge in [-0.25, -0.2) is 0 Å². The van der Waals surface area contributed by atoms with E-state index in [1.54, 1.807) is 0 Å². The third-order valence-corrected chi connectivity index (χ3v) is 2.83. The normalized spacial score (nSPS) is 45.8. The molecule has 1 saturated heterocycles. The van der Waals surface area contributed by atoms with Crippen molar-refractivity contribution in [1.82, 2.24) is 0 Å². The smallest absolute Gasteiger partial charge is 0.0726 e. The molecule has 0 aromatic rings. The molecule has 1 aliphatic rings. The Morgan fingerprint density at radius 2 is 2.18 bits per heavy atom. The van der Waals surface area contributed by atoms with Crippen molar-refractivity contribution >= 4 is 0 Å². The van der Waals surface area contributed by atoms with E-state index in [0.29, 0.717) is 5.92 Å². The number of hydrogen-bond donors (Lipinski definition) is 1. The average molecular weight is 157 g/mol. The Bertz CT molecular complexity index is 138. The molecule has 2 nitrogen and oxygen atoms in total. The van der Waals surface area contributed by atoms with Crippen molar-refractivity contribution in [3.63, 3.8) is 0 Å². The van der Waals surface area contributed by atoms with Crippen LogP contribution < -0.4 is 5.73 Å². The number of nitrogens with two attached hydrogens (primary N) is 1. The molecule has 0 aromatic heterocycles.